The minimum atomic E-state index is -0.0515. The first-order valence-electron chi connectivity index (χ1n) is 7.53. The zero-order valence-electron chi connectivity index (χ0n) is 13.3. The van der Waals surface area contributed by atoms with E-state index in [2.05, 4.69) is 10.1 Å². The van der Waals surface area contributed by atoms with E-state index in [4.69, 9.17) is 9.47 Å². The lowest BCUT2D eigenvalue weighted by molar-refractivity contribution is 0.0647. The summed E-state index contributed by atoms with van der Waals surface area (Å²) < 4.78 is 12.8. The normalized spacial score (nSPS) is 20.7. The number of carbonyl (C=O) groups excluding carboxylic acids is 1. The van der Waals surface area contributed by atoms with Crippen molar-refractivity contribution in [1.29, 1.82) is 0 Å². The van der Waals surface area contributed by atoms with Gasteiger partial charge >= 0.3 is 0 Å². The molecule has 2 aromatic rings. The molecule has 1 fully saturated rings. The Morgan fingerprint density at radius 2 is 2.26 bits per heavy atom. The van der Waals surface area contributed by atoms with Gasteiger partial charge in [-0.2, -0.15) is 5.10 Å². The molecule has 3 rings (SSSR count). The highest BCUT2D eigenvalue weighted by molar-refractivity contribution is 5.93. The summed E-state index contributed by atoms with van der Waals surface area (Å²) in [4.78, 5) is 18.6. The van der Waals surface area contributed by atoms with Crippen LogP contribution < -0.4 is 4.74 Å². The van der Waals surface area contributed by atoms with Crippen LogP contribution in [0.1, 0.15) is 16.9 Å². The van der Waals surface area contributed by atoms with E-state index in [1.807, 2.05) is 17.0 Å². The van der Waals surface area contributed by atoms with E-state index in [1.54, 1.807) is 43.5 Å². The van der Waals surface area contributed by atoms with Crippen LogP contribution in [0.25, 0.3) is 0 Å². The average molecular weight is 316 g/mol. The molecule has 7 nitrogen and oxygen atoms in total. The molecular weight excluding hydrogens is 296 g/mol. The number of methoxy groups -OCH3 is 1. The average Bonchev–Trinajstić information content (AvgIpc) is 3.19. The summed E-state index contributed by atoms with van der Waals surface area (Å²) in [6.07, 6.45) is 5.76. The van der Waals surface area contributed by atoms with Gasteiger partial charge < -0.3 is 14.4 Å². The van der Waals surface area contributed by atoms with Crippen LogP contribution in [0.2, 0.25) is 0 Å². The Morgan fingerprint density at radius 1 is 1.39 bits per heavy atom. The highest BCUT2D eigenvalue weighted by Crippen LogP contribution is 2.23. The zero-order chi connectivity index (χ0) is 16.2. The quantitative estimate of drug-likeness (QED) is 0.827. The maximum atomic E-state index is 12.8. The van der Waals surface area contributed by atoms with Crippen molar-refractivity contribution in [1.82, 2.24) is 19.7 Å². The van der Waals surface area contributed by atoms with E-state index in [9.17, 15) is 4.79 Å². The van der Waals surface area contributed by atoms with Crippen LogP contribution in [0.4, 0.5) is 0 Å². The molecule has 0 N–H and O–H groups in total. The predicted octanol–water partition coefficient (Wildman–Crippen LogP) is 1.12. The van der Waals surface area contributed by atoms with Gasteiger partial charge in [0.25, 0.3) is 5.91 Å². The number of rotatable bonds is 5. The molecule has 1 saturated heterocycles. The van der Waals surface area contributed by atoms with Crippen molar-refractivity contribution >= 4 is 5.91 Å². The smallest absolute Gasteiger partial charge is 0.272 e. The van der Waals surface area contributed by atoms with Crippen molar-refractivity contribution in [2.75, 3.05) is 20.3 Å². The minimum absolute atomic E-state index is 0.0228. The predicted molar refractivity (Wildman–Crippen MR) is 83.2 cm³/mol. The molecule has 1 aliphatic rings. The van der Waals surface area contributed by atoms with Crippen LogP contribution in [0.15, 0.2) is 36.8 Å². The zero-order valence-corrected chi connectivity index (χ0v) is 13.3. The number of aromatic nitrogens is 3. The minimum Gasteiger partial charge on any atom is -0.490 e. The first-order valence-corrected chi connectivity index (χ1v) is 7.53. The lowest BCUT2D eigenvalue weighted by atomic mass is 10.2. The van der Waals surface area contributed by atoms with Crippen LogP contribution in [0.3, 0.4) is 0 Å². The first kappa shape index (κ1) is 15.5. The van der Waals surface area contributed by atoms with Gasteiger partial charge in [-0.1, -0.05) is 0 Å². The maximum absolute atomic E-state index is 12.8. The number of hydrogen-bond donors (Lipinski definition) is 0. The Balaban J connectivity index is 1.71. The fourth-order valence-electron chi connectivity index (χ4n) is 2.81. The number of likely N-dealkylation sites (tertiary alicyclic amines) is 1. The number of nitrogens with zero attached hydrogens (tertiary/aromatic N) is 4. The van der Waals surface area contributed by atoms with Gasteiger partial charge in [0.2, 0.25) is 0 Å². The van der Waals surface area contributed by atoms with E-state index in [1.165, 1.54) is 0 Å². The van der Waals surface area contributed by atoms with Gasteiger partial charge in [-0.25, -0.2) is 0 Å². The second kappa shape index (κ2) is 6.78. The second-order valence-corrected chi connectivity index (χ2v) is 5.54. The molecule has 0 unspecified atom stereocenters. The Kier molecular flexibility index (Phi) is 4.57. The molecule has 3 heterocycles. The van der Waals surface area contributed by atoms with Gasteiger partial charge in [0.1, 0.15) is 18.1 Å². The Hall–Kier alpha value is -2.41. The molecule has 0 aromatic carbocycles. The van der Waals surface area contributed by atoms with Gasteiger partial charge in [0, 0.05) is 33.1 Å². The van der Waals surface area contributed by atoms with E-state index >= 15 is 0 Å². The Bertz CT molecular complexity index is 658. The van der Waals surface area contributed by atoms with Gasteiger partial charge in [-0.15, -0.1) is 0 Å². The summed E-state index contributed by atoms with van der Waals surface area (Å²) in [6.45, 7) is 0.969. The van der Waals surface area contributed by atoms with Crippen LogP contribution >= 0.6 is 0 Å². The van der Waals surface area contributed by atoms with Crippen LogP contribution in [0, 0.1) is 0 Å². The fourth-order valence-corrected chi connectivity index (χ4v) is 2.81. The van der Waals surface area contributed by atoms with E-state index in [0.717, 1.165) is 6.42 Å². The van der Waals surface area contributed by atoms with Crippen molar-refractivity contribution in [2.24, 2.45) is 7.05 Å². The van der Waals surface area contributed by atoms with Crippen molar-refractivity contribution in [3.05, 3.63) is 42.5 Å². The maximum Gasteiger partial charge on any atom is 0.272 e. The van der Waals surface area contributed by atoms with E-state index < -0.39 is 0 Å². The SMILES string of the molecule is CO[C@@H]1C[C@@H](COc2cccnc2)N(C(=O)c2ccnn2C)C1. The van der Waals surface area contributed by atoms with E-state index in [0.29, 0.717) is 24.6 Å². The molecule has 2 aromatic heterocycles. The molecule has 1 amide bonds. The number of amides is 1. The molecule has 2 atom stereocenters. The summed E-state index contributed by atoms with van der Waals surface area (Å²) in [5.74, 6) is 0.644. The van der Waals surface area contributed by atoms with Gasteiger partial charge in [0.15, 0.2) is 0 Å². The topological polar surface area (TPSA) is 69.5 Å². The monoisotopic (exact) mass is 316 g/mol. The fraction of sp³-hybridized carbons (Fsp3) is 0.438. The van der Waals surface area contributed by atoms with E-state index in [-0.39, 0.29) is 18.1 Å². The second-order valence-electron chi connectivity index (χ2n) is 5.54. The molecule has 1 aliphatic heterocycles. The van der Waals surface area contributed by atoms with Crippen molar-refractivity contribution < 1.29 is 14.3 Å². The molecule has 0 radical (unpaired) electrons. The highest BCUT2D eigenvalue weighted by atomic mass is 16.5. The Morgan fingerprint density at radius 3 is 2.91 bits per heavy atom. The first-order chi connectivity index (χ1) is 11.2. The van der Waals surface area contributed by atoms with Gasteiger partial charge in [-0.3, -0.25) is 14.5 Å². The third-order valence-corrected chi connectivity index (χ3v) is 4.09. The van der Waals surface area contributed by atoms with Crippen molar-refractivity contribution in [3.63, 3.8) is 0 Å². The van der Waals surface area contributed by atoms with Gasteiger partial charge in [0.05, 0.1) is 18.3 Å². The summed E-state index contributed by atoms with van der Waals surface area (Å²) >= 11 is 0. The van der Waals surface area contributed by atoms with Crippen LogP contribution in [-0.4, -0.2) is 58.0 Å². The van der Waals surface area contributed by atoms with Crippen LogP contribution in [0.5, 0.6) is 5.75 Å². The standard InChI is InChI=1S/C16H20N4O3/c1-19-15(5-7-18-19)16(21)20-10-14(22-2)8-12(20)11-23-13-4-3-6-17-9-13/h3-7,9,12,14H,8,10-11H2,1-2H3/t12-,14+/m0/s1. The number of hydrogen-bond acceptors (Lipinski definition) is 5. The number of ether oxygens (including phenoxy) is 2. The largest absolute Gasteiger partial charge is 0.490 e. The lowest BCUT2D eigenvalue weighted by Crippen LogP contribution is -2.40. The third kappa shape index (κ3) is 3.34. The molecule has 122 valence electrons. The Labute approximate surface area is 134 Å². The molecule has 0 spiro atoms. The summed E-state index contributed by atoms with van der Waals surface area (Å²) in [5.41, 5.74) is 0.563. The summed E-state index contributed by atoms with van der Waals surface area (Å²) in [6, 6.07) is 5.35. The van der Waals surface area contributed by atoms with Crippen molar-refractivity contribution in [2.45, 2.75) is 18.6 Å². The molecule has 23 heavy (non-hydrogen) atoms. The molecule has 0 bridgehead atoms. The lowest BCUT2D eigenvalue weighted by Gasteiger charge is -2.24. The molecule has 7 heteroatoms. The third-order valence-electron chi connectivity index (χ3n) is 4.09. The number of carbonyl (C=O) groups is 1. The van der Waals surface area contributed by atoms with Crippen LogP contribution in [-0.2, 0) is 11.8 Å². The van der Waals surface area contributed by atoms with Gasteiger partial charge in [-0.05, 0) is 24.6 Å². The molecular formula is C16H20N4O3. The summed E-state index contributed by atoms with van der Waals surface area (Å²) in [7, 11) is 3.43. The summed E-state index contributed by atoms with van der Waals surface area (Å²) in [5, 5.41) is 4.07. The highest BCUT2D eigenvalue weighted by Gasteiger charge is 2.37. The van der Waals surface area contributed by atoms with Crippen molar-refractivity contribution in [3.8, 4) is 5.75 Å². The molecule has 0 aliphatic carbocycles. The number of aryl methyl sites for hydroxylation is 1. The molecule has 0 saturated carbocycles. The number of pyridine rings is 1.